The predicted octanol–water partition coefficient (Wildman–Crippen LogP) is 4.55. The first kappa shape index (κ1) is 16.5. The summed E-state index contributed by atoms with van der Waals surface area (Å²) in [4.78, 5) is 0. The molecule has 1 heterocycles. The molecular weight excluding hydrogens is 357 g/mol. The third-order valence-electron chi connectivity index (χ3n) is 3.28. The highest BCUT2D eigenvalue weighted by Crippen LogP contribution is 2.33. The highest BCUT2D eigenvalue weighted by molar-refractivity contribution is 9.10. The summed E-state index contributed by atoms with van der Waals surface area (Å²) < 4.78 is 15.9. The summed E-state index contributed by atoms with van der Waals surface area (Å²) in [5.41, 5.74) is 1.85. The van der Waals surface area contributed by atoms with E-state index in [4.69, 9.17) is 11.6 Å². The molecule has 21 heavy (non-hydrogen) atoms. The monoisotopic (exact) mass is 373 g/mol. The summed E-state index contributed by atoms with van der Waals surface area (Å²) in [6, 6.07) is 4.57. The molecule has 114 valence electrons. The van der Waals surface area contributed by atoms with Gasteiger partial charge in [0.05, 0.1) is 23.0 Å². The maximum Gasteiger partial charge on any atom is 0.124 e. The molecule has 0 amide bonds. The van der Waals surface area contributed by atoms with E-state index in [1.807, 2.05) is 11.6 Å². The van der Waals surface area contributed by atoms with Gasteiger partial charge in [0.15, 0.2) is 0 Å². The number of nitrogens with one attached hydrogen (secondary N) is 1. The van der Waals surface area contributed by atoms with E-state index in [2.05, 4.69) is 33.3 Å². The van der Waals surface area contributed by atoms with E-state index in [-0.39, 0.29) is 11.9 Å². The van der Waals surface area contributed by atoms with Crippen molar-refractivity contribution in [2.75, 3.05) is 6.54 Å². The van der Waals surface area contributed by atoms with Crippen LogP contribution in [-0.2, 0) is 6.54 Å². The second-order valence-corrected chi connectivity index (χ2v) is 6.01. The SMILES string of the molecule is CCCNC(c1ccc(F)cc1Br)c1c(Cl)cnn1CC. The molecule has 1 unspecified atom stereocenters. The molecule has 0 aliphatic heterocycles. The average Bonchev–Trinajstić information content (AvgIpc) is 2.82. The highest BCUT2D eigenvalue weighted by Gasteiger charge is 2.23. The van der Waals surface area contributed by atoms with Gasteiger partial charge in [-0.15, -0.1) is 0 Å². The number of halogens is 3. The molecule has 0 radical (unpaired) electrons. The van der Waals surface area contributed by atoms with Crippen molar-refractivity contribution in [3.05, 3.63) is 51.0 Å². The van der Waals surface area contributed by atoms with Crippen LogP contribution in [-0.4, -0.2) is 16.3 Å². The number of nitrogens with zero attached hydrogens (tertiary/aromatic N) is 2. The third kappa shape index (κ3) is 3.65. The van der Waals surface area contributed by atoms with Gasteiger partial charge in [-0.3, -0.25) is 4.68 Å². The van der Waals surface area contributed by atoms with Crippen LogP contribution in [0.1, 0.15) is 37.6 Å². The molecule has 0 bridgehead atoms. The Labute approximate surface area is 137 Å². The van der Waals surface area contributed by atoms with Crippen LogP contribution in [0.15, 0.2) is 28.9 Å². The molecule has 0 spiro atoms. The van der Waals surface area contributed by atoms with Gasteiger partial charge in [-0.2, -0.15) is 5.10 Å². The van der Waals surface area contributed by atoms with E-state index in [1.54, 1.807) is 12.3 Å². The molecule has 0 aliphatic carbocycles. The van der Waals surface area contributed by atoms with E-state index in [0.717, 1.165) is 35.2 Å². The van der Waals surface area contributed by atoms with Crippen molar-refractivity contribution >= 4 is 27.5 Å². The molecular formula is C15H18BrClFN3. The normalized spacial score (nSPS) is 12.6. The molecule has 0 fully saturated rings. The highest BCUT2D eigenvalue weighted by atomic mass is 79.9. The van der Waals surface area contributed by atoms with E-state index in [1.165, 1.54) is 12.1 Å². The fourth-order valence-electron chi connectivity index (χ4n) is 2.29. The Balaban J connectivity index is 2.49. The molecule has 0 aliphatic rings. The molecule has 1 aromatic heterocycles. The van der Waals surface area contributed by atoms with Crippen molar-refractivity contribution in [2.45, 2.75) is 32.9 Å². The van der Waals surface area contributed by atoms with Crippen LogP contribution < -0.4 is 5.32 Å². The molecule has 1 atom stereocenters. The molecule has 1 aromatic carbocycles. The zero-order chi connectivity index (χ0) is 15.4. The lowest BCUT2D eigenvalue weighted by molar-refractivity contribution is 0.527. The van der Waals surface area contributed by atoms with Crippen LogP contribution in [0, 0.1) is 5.82 Å². The Morgan fingerprint density at radius 2 is 2.19 bits per heavy atom. The Morgan fingerprint density at radius 1 is 1.43 bits per heavy atom. The first-order valence-corrected chi connectivity index (χ1v) is 8.15. The van der Waals surface area contributed by atoms with Gasteiger partial charge in [-0.25, -0.2) is 4.39 Å². The Morgan fingerprint density at radius 3 is 2.81 bits per heavy atom. The van der Waals surface area contributed by atoms with Crippen molar-refractivity contribution in [1.29, 1.82) is 0 Å². The molecule has 3 nitrogen and oxygen atoms in total. The smallest absolute Gasteiger partial charge is 0.124 e. The molecule has 0 saturated carbocycles. The van der Waals surface area contributed by atoms with Crippen molar-refractivity contribution in [3.8, 4) is 0 Å². The van der Waals surface area contributed by atoms with Gasteiger partial charge in [0.1, 0.15) is 5.82 Å². The Bertz CT molecular complexity index is 615. The summed E-state index contributed by atoms with van der Waals surface area (Å²) in [6.07, 6.45) is 2.64. The van der Waals surface area contributed by atoms with Gasteiger partial charge in [0.25, 0.3) is 0 Å². The number of aryl methyl sites for hydroxylation is 1. The van der Waals surface area contributed by atoms with Crippen molar-refractivity contribution in [1.82, 2.24) is 15.1 Å². The van der Waals surface area contributed by atoms with Gasteiger partial charge in [-0.1, -0.05) is 40.5 Å². The van der Waals surface area contributed by atoms with Crippen LogP contribution in [0.5, 0.6) is 0 Å². The van der Waals surface area contributed by atoms with Gasteiger partial charge in [0, 0.05) is 11.0 Å². The topological polar surface area (TPSA) is 29.9 Å². The zero-order valence-corrected chi connectivity index (χ0v) is 14.4. The van der Waals surface area contributed by atoms with E-state index in [9.17, 15) is 4.39 Å². The van der Waals surface area contributed by atoms with Crippen molar-refractivity contribution < 1.29 is 4.39 Å². The van der Waals surface area contributed by atoms with Gasteiger partial charge >= 0.3 is 0 Å². The van der Waals surface area contributed by atoms with Crippen molar-refractivity contribution in [2.24, 2.45) is 0 Å². The molecule has 0 saturated heterocycles. The zero-order valence-electron chi connectivity index (χ0n) is 12.0. The minimum absolute atomic E-state index is 0.130. The van der Waals surface area contributed by atoms with E-state index >= 15 is 0 Å². The van der Waals surface area contributed by atoms with Gasteiger partial charge < -0.3 is 5.32 Å². The van der Waals surface area contributed by atoms with Crippen molar-refractivity contribution in [3.63, 3.8) is 0 Å². The minimum atomic E-state index is -0.269. The lowest BCUT2D eigenvalue weighted by atomic mass is 10.0. The number of hydrogen-bond acceptors (Lipinski definition) is 2. The maximum absolute atomic E-state index is 13.3. The summed E-state index contributed by atoms with van der Waals surface area (Å²) >= 11 is 9.76. The van der Waals surface area contributed by atoms with E-state index < -0.39 is 0 Å². The summed E-state index contributed by atoms with van der Waals surface area (Å²) in [7, 11) is 0. The third-order valence-corrected chi connectivity index (χ3v) is 4.26. The van der Waals surface area contributed by atoms with Crippen LogP contribution in [0.3, 0.4) is 0 Å². The van der Waals surface area contributed by atoms with Gasteiger partial charge in [0.2, 0.25) is 0 Å². The summed E-state index contributed by atoms with van der Waals surface area (Å²) in [6.45, 7) is 5.68. The quantitative estimate of drug-likeness (QED) is 0.804. The number of benzene rings is 1. The first-order chi connectivity index (χ1) is 10.1. The molecule has 2 aromatic rings. The number of rotatable bonds is 6. The average molecular weight is 375 g/mol. The van der Waals surface area contributed by atoms with Gasteiger partial charge in [-0.05, 0) is 37.6 Å². The van der Waals surface area contributed by atoms with Crippen LogP contribution in [0.25, 0.3) is 0 Å². The minimum Gasteiger partial charge on any atom is -0.305 e. The van der Waals surface area contributed by atoms with Crippen LogP contribution in [0.2, 0.25) is 5.02 Å². The second kappa shape index (κ2) is 7.38. The lowest BCUT2D eigenvalue weighted by Gasteiger charge is -2.22. The predicted molar refractivity (Wildman–Crippen MR) is 87.1 cm³/mol. The lowest BCUT2D eigenvalue weighted by Crippen LogP contribution is -2.26. The summed E-state index contributed by atoms with van der Waals surface area (Å²) in [5, 5.41) is 8.37. The number of hydrogen-bond donors (Lipinski definition) is 1. The summed E-state index contributed by atoms with van der Waals surface area (Å²) in [5.74, 6) is -0.269. The van der Waals surface area contributed by atoms with E-state index in [0.29, 0.717) is 5.02 Å². The Hall–Kier alpha value is -0.910. The second-order valence-electron chi connectivity index (χ2n) is 4.75. The van der Waals surface area contributed by atoms with Crippen LogP contribution >= 0.6 is 27.5 Å². The standard InChI is InChI=1S/C15H18BrClFN3/c1-3-7-19-14(11-6-5-10(18)8-12(11)16)15-13(17)9-20-21(15)4-2/h5-6,8-9,14,19H,3-4,7H2,1-2H3. The fraction of sp³-hybridized carbons (Fsp3) is 0.400. The number of aromatic nitrogens is 2. The maximum atomic E-state index is 13.3. The molecule has 1 N–H and O–H groups in total. The fourth-order valence-corrected chi connectivity index (χ4v) is 3.12. The molecule has 6 heteroatoms. The van der Waals surface area contributed by atoms with Crippen LogP contribution in [0.4, 0.5) is 4.39 Å². The largest absolute Gasteiger partial charge is 0.305 e. The Kier molecular flexibility index (Phi) is 5.79. The first-order valence-electron chi connectivity index (χ1n) is 6.98. The molecule has 2 rings (SSSR count).